The van der Waals surface area contributed by atoms with Gasteiger partial charge < -0.3 is 5.32 Å². The van der Waals surface area contributed by atoms with Gasteiger partial charge in [-0.3, -0.25) is 9.69 Å². The maximum Gasteiger partial charge on any atom is 0.238 e. The van der Waals surface area contributed by atoms with E-state index in [0.717, 1.165) is 4.88 Å². The van der Waals surface area contributed by atoms with E-state index in [-0.39, 0.29) is 18.1 Å². The van der Waals surface area contributed by atoms with Crippen molar-refractivity contribution in [3.8, 4) is 0 Å². The Bertz CT molecular complexity index is 707. The summed E-state index contributed by atoms with van der Waals surface area (Å²) in [6, 6.07) is 8.26. The highest BCUT2D eigenvalue weighted by atomic mass is 79.9. The van der Waals surface area contributed by atoms with E-state index in [0.29, 0.717) is 21.9 Å². The number of anilines is 1. The van der Waals surface area contributed by atoms with Crippen molar-refractivity contribution >= 4 is 50.5 Å². The molecule has 0 saturated heterocycles. The van der Waals surface area contributed by atoms with Gasteiger partial charge in [0.25, 0.3) is 0 Å². The number of carbonyl (C=O) groups is 1. The van der Waals surface area contributed by atoms with Gasteiger partial charge in [-0.05, 0) is 30.3 Å². The minimum absolute atomic E-state index is 0.136. The smallest absolute Gasteiger partial charge is 0.238 e. The fraction of sp³-hybridized carbons (Fsp3) is 0.188. The molecule has 0 bridgehead atoms. The fourth-order valence-electron chi connectivity index (χ4n) is 2.01. The summed E-state index contributed by atoms with van der Waals surface area (Å²) in [4.78, 5) is 15.1. The van der Waals surface area contributed by atoms with Crippen LogP contribution in [-0.2, 0) is 11.3 Å². The van der Waals surface area contributed by atoms with E-state index in [1.165, 1.54) is 23.5 Å². The van der Waals surface area contributed by atoms with Gasteiger partial charge in [0.1, 0.15) is 5.82 Å². The summed E-state index contributed by atoms with van der Waals surface area (Å²) in [5.41, 5.74) is 0.163. The zero-order valence-electron chi connectivity index (χ0n) is 12.2. The molecule has 0 atom stereocenters. The van der Waals surface area contributed by atoms with E-state index in [9.17, 15) is 9.18 Å². The summed E-state index contributed by atoms with van der Waals surface area (Å²) >= 11 is 10.6. The van der Waals surface area contributed by atoms with Crippen molar-refractivity contribution in [3.05, 3.63) is 62.5 Å². The number of halogens is 3. The molecule has 0 saturated carbocycles. The molecular weight excluding hydrogens is 403 g/mol. The Morgan fingerprint density at radius 3 is 2.83 bits per heavy atom. The average molecular weight is 418 g/mol. The molecule has 23 heavy (non-hydrogen) atoms. The van der Waals surface area contributed by atoms with Crippen LogP contribution in [0.5, 0.6) is 0 Å². The lowest BCUT2D eigenvalue weighted by atomic mass is 10.3. The summed E-state index contributed by atoms with van der Waals surface area (Å²) in [7, 11) is 0. The third-order valence-corrected chi connectivity index (χ3v) is 4.68. The lowest BCUT2D eigenvalue weighted by Crippen LogP contribution is -2.33. The molecule has 1 heterocycles. The van der Waals surface area contributed by atoms with E-state index in [2.05, 4.69) is 27.8 Å². The molecule has 3 nitrogen and oxygen atoms in total. The Labute approximate surface area is 151 Å². The monoisotopic (exact) mass is 416 g/mol. The Hall–Kier alpha value is -1.21. The van der Waals surface area contributed by atoms with Gasteiger partial charge in [-0.25, -0.2) is 4.39 Å². The third kappa shape index (κ3) is 5.73. The summed E-state index contributed by atoms with van der Waals surface area (Å²) in [5, 5.41) is 2.58. The molecule has 0 aliphatic rings. The summed E-state index contributed by atoms with van der Waals surface area (Å²) < 4.78 is 15.1. The molecule has 1 N–H and O–H groups in total. The molecule has 7 heteroatoms. The van der Waals surface area contributed by atoms with Crippen LogP contribution in [0.2, 0.25) is 4.34 Å². The molecule has 0 radical (unpaired) electrons. The van der Waals surface area contributed by atoms with Gasteiger partial charge in [-0.15, -0.1) is 17.9 Å². The Balaban J connectivity index is 1.98. The Morgan fingerprint density at radius 1 is 1.43 bits per heavy atom. The van der Waals surface area contributed by atoms with Crippen LogP contribution in [0.1, 0.15) is 4.88 Å². The van der Waals surface area contributed by atoms with E-state index in [1.807, 2.05) is 17.0 Å². The zero-order valence-corrected chi connectivity index (χ0v) is 15.3. The van der Waals surface area contributed by atoms with Gasteiger partial charge in [0.2, 0.25) is 5.91 Å². The van der Waals surface area contributed by atoms with Crippen molar-refractivity contribution in [3.63, 3.8) is 0 Å². The summed E-state index contributed by atoms with van der Waals surface area (Å²) in [6.07, 6.45) is 1.72. The van der Waals surface area contributed by atoms with Crippen molar-refractivity contribution in [2.75, 3.05) is 18.4 Å². The fourth-order valence-corrected chi connectivity index (χ4v) is 3.47. The summed E-state index contributed by atoms with van der Waals surface area (Å²) in [5.74, 6) is -0.760. The van der Waals surface area contributed by atoms with Gasteiger partial charge in [0, 0.05) is 22.4 Å². The maximum absolute atomic E-state index is 13.8. The topological polar surface area (TPSA) is 32.3 Å². The van der Waals surface area contributed by atoms with Gasteiger partial charge in [-0.1, -0.05) is 33.6 Å². The molecule has 2 aromatic rings. The number of carbonyl (C=O) groups excluding carboxylic acids is 1. The van der Waals surface area contributed by atoms with Crippen LogP contribution in [0.15, 0.2) is 47.5 Å². The first-order valence-corrected chi connectivity index (χ1v) is 8.79. The lowest BCUT2D eigenvalue weighted by Gasteiger charge is -2.19. The lowest BCUT2D eigenvalue weighted by molar-refractivity contribution is -0.117. The van der Waals surface area contributed by atoms with Crippen molar-refractivity contribution in [2.45, 2.75) is 6.54 Å². The van der Waals surface area contributed by atoms with E-state index >= 15 is 0 Å². The van der Waals surface area contributed by atoms with Crippen molar-refractivity contribution in [1.82, 2.24) is 4.90 Å². The first-order valence-electron chi connectivity index (χ1n) is 6.80. The van der Waals surface area contributed by atoms with Crippen molar-refractivity contribution in [2.24, 2.45) is 0 Å². The minimum Gasteiger partial charge on any atom is -0.322 e. The summed E-state index contributed by atoms with van der Waals surface area (Å²) in [6.45, 7) is 4.97. The molecule has 1 amide bonds. The molecule has 0 aliphatic carbocycles. The highest BCUT2D eigenvalue weighted by molar-refractivity contribution is 9.10. The van der Waals surface area contributed by atoms with Gasteiger partial charge >= 0.3 is 0 Å². The first kappa shape index (κ1) is 18.1. The average Bonchev–Trinajstić information content (AvgIpc) is 2.87. The van der Waals surface area contributed by atoms with Crippen LogP contribution in [-0.4, -0.2) is 23.9 Å². The molecule has 0 aliphatic heterocycles. The normalized spacial score (nSPS) is 10.8. The number of hydrogen-bond donors (Lipinski definition) is 1. The second kappa shape index (κ2) is 8.59. The molecule has 0 spiro atoms. The number of thiophene rings is 1. The largest absolute Gasteiger partial charge is 0.322 e. The van der Waals surface area contributed by atoms with Crippen LogP contribution in [0, 0.1) is 5.82 Å². The zero-order chi connectivity index (χ0) is 16.8. The Morgan fingerprint density at radius 2 is 2.22 bits per heavy atom. The van der Waals surface area contributed by atoms with E-state index in [4.69, 9.17) is 11.6 Å². The second-order valence-electron chi connectivity index (χ2n) is 4.84. The number of nitrogens with zero attached hydrogens (tertiary/aromatic N) is 1. The molecule has 0 unspecified atom stereocenters. The molecule has 1 aromatic heterocycles. The minimum atomic E-state index is -0.479. The molecule has 1 aromatic carbocycles. The van der Waals surface area contributed by atoms with E-state index in [1.54, 1.807) is 12.1 Å². The van der Waals surface area contributed by atoms with Gasteiger partial charge in [0.05, 0.1) is 16.6 Å². The molecule has 2 rings (SSSR count). The SMILES string of the molecule is C=CCN(CC(=O)Nc1ccc(Br)cc1F)Cc1ccc(Cl)s1. The number of hydrogen-bond acceptors (Lipinski definition) is 3. The number of nitrogens with one attached hydrogen (secondary N) is 1. The molecule has 122 valence electrons. The van der Waals surface area contributed by atoms with Crippen LogP contribution in [0.4, 0.5) is 10.1 Å². The third-order valence-electron chi connectivity index (χ3n) is 2.97. The highest BCUT2D eigenvalue weighted by Gasteiger charge is 2.13. The van der Waals surface area contributed by atoms with Gasteiger partial charge in [0.15, 0.2) is 0 Å². The number of amides is 1. The van der Waals surface area contributed by atoms with Crippen LogP contribution in [0.3, 0.4) is 0 Å². The first-order chi connectivity index (χ1) is 11.0. The van der Waals surface area contributed by atoms with Crippen molar-refractivity contribution < 1.29 is 9.18 Å². The maximum atomic E-state index is 13.8. The van der Waals surface area contributed by atoms with Gasteiger partial charge in [-0.2, -0.15) is 0 Å². The van der Waals surface area contributed by atoms with Crippen LogP contribution >= 0.6 is 38.9 Å². The number of benzene rings is 1. The standard InChI is InChI=1S/C16H15BrClFN2OS/c1-2-7-21(9-12-4-6-15(18)23-12)10-16(22)20-14-5-3-11(17)8-13(14)19/h2-6,8H,1,7,9-10H2,(H,20,22). The number of rotatable bonds is 7. The highest BCUT2D eigenvalue weighted by Crippen LogP contribution is 2.23. The van der Waals surface area contributed by atoms with E-state index < -0.39 is 5.82 Å². The molecular formula is C16H15BrClFN2OS. The Kier molecular flexibility index (Phi) is 6.77. The van der Waals surface area contributed by atoms with Crippen LogP contribution < -0.4 is 5.32 Å². The van der Waals surface area contributed by atoms with Crippen LogP contribution in [0.25, 0.3) is 0 Å². The predicted molar refractivity (Wildman–Crippen MR) is 97.5 cm³/mol. The van der Waals surface area contributed by atoms with Crippen molar-refractivity contribution in [1.29, 1.82) is 0 Å². The quantitative estimate of drug-likeness (QED) is 0.648. The molecule has 0 fully saturated rings. The predicted octanol–water partition coefficient (Wildman–Crippen LogP) is 4.93. The second-order valence-corrected chi connectivity index (χ2v) is 7.55.